The van der Waals surface area contributed by atoms with Crippen molar-refractivity contribution in [3.8, 4) is 11.5 Å². The molecule has 0 aromatic heterocycles. The van der Waals surface area contributed by atoms with E-state index in [1.165, 1.54) is 0 Å². The summed E-state index contributed by atoms with van der Waals surface area (Å²) in [6.45, 7) is 12.3. The number of thioether (sulfide) groups is 1. The Morgan fingerprint density at radius 3 is 1.49 bits per heavy atom. The zero-order chi connectivity index (χ0) is 25.4. The number of hydrogen-bond donors (Lipinski definition) is 0. The maximum atomic E-state index is 13.4. The van der Waals surface area contributed by atoms with Crippen LogP contribution >= 0.6 is 11.8 Å². The first-order valence-corrected chi connectivity index (χ1v) is 13.5. The molecule has 0 aliphatic carbocycles. The molecule has 0 saturated carbocycles. The smallest absolute Gasteiger partial charge is 0.186 e. The van der Waals surface area contributed by atoms with Crippen molar-refractivity contribution in [1.82, 2.24) is 0 Å². The zero-order valence-electron chi connectivity index (χ0n) is 21.9. The Morgan fingerprint density at radius 1 is 0.743 bits per heavy atom. The minimum absolute atomic E-state index is 0.0912. The van der Waals surface area contributed by atoms with Gasteiger partial charge in [-0.3, -0.25) is 4.79 Å². The topological polar surface area (TPSA) is 42.0 Å². The van der Waals surface area contributed by atoms with E-state index in [0.29, 0.717) is 11.5 Å². The van der Waals surface area contributed by atoms with Crippen LogP contribution in [0.25, 0.3) is 12.2 Å². The van der Waals surface area contributed by atoms with Gasteiger partial charge in [0, 0.05) is 83.5 Å². The number of benzene rings is 2. The lowest BCUT2D eigenvalue weighted by atomic mass is 9.99. The number of nitrogens with zero attached hydrogens (tertiary/aromatic N) is 2. The first-order valence-electron chi connectivity index (χ1n) is 12.4. The average molecular weight is 495 g/mol. The third-order valence-corrected chi connectivity index (χ3v) is 7.48. The van der Waals surface area contributed by atoms with Gasteiger partial charge in [0.1, 0.15) is 11.5 Å². The van der Waals surface area contributed by atoms with Gasteiger partial charge in [0.15, 0.2) is 5.78 Å². The van der Waals surface area contributed by atoms with Crippen LogP contribution in [0.5, 0.6) is 11.5 Å². The number of ether oxygens (including phenoxy) is 2. The minimum Gasteiger partial charge on any atom is -0.496 e. The van der Waals surface area contributed by atoms with Crippen molar-refractivity contribution < 1.29 is 14.3 Å². The largest absolute Gasteiger partial charge is 0.496 e. The van der Waals surface area contributed by atoms with Crippen LogP contribution in [-0.4, -0.2) is 57.7 Å². The van der Waals surface area contributed by atoms with Gasteiger partial charge in [-0.2, -0.15) is 11.8 Å². The Balaban J connectivity index is 1.91. The molecule has 0 bridgehead atoms. The summed E-state index contributed by atoms with van der Waals surface area (Å²) >= 11 is 1.76. The molecule has 6 heteroatoms. The third-order valence-electron chi connectivity index (χ3n) is 6.45. The van der Waals surface area contributed by atoms with E-state index in [9.17, 15) is 4.79 Å². The second-order valence-corrected chi connectivity index (χ2v) is 9.34. The summed E-state index contributed by atoms with van der Waals surface area (Å²) in [7, 11) is 3.36. The highest BCUT2D eigenvalue weighted by molar-refractivity contribution is 7.99. The molecule has 0 unspecified atom stereocenters. The summed E-state index contributed by atoms with van der Waals surface area (Å²) in [5.41, 5.74) is 5.68. The monoisotopic (exact) mass is 494 g/mol. The summed E-state index contributed by atoms with van der Waals surface area (Å²) in [5.74, 6) is 3.03. The van der Waals surface area contributed by atoms with E-state index in [4.69, 9.17) is 9.47 Å². The number of carbonyl (C=O) groups excluding carboxylic acids is 1. The van der Waals surface area contributed by atoms with Gasteiger partial charge in [-0.1, -0.05) is 0 Å². The second-order valence-electron chi connectivity index (χ2n) is 8.36. The second kappa shape index (κ2) is 12.7. The summed E-state index contributed by atoms with van der Waals surface area (Å²) in [6.07, 6.45) is 3.96. The summed E-state index contributed by atoms with van der Waals surface area (Å²) in [6, 6.07) is 12.4. The Morgan fingerprint density at radius 2 is 1.14 bits per heavy atom. The molecular formula is C29H38N2O3S. The number of rotatable bonds is 10. The van der Waals surface area contributed by atoms with E-state index in [0.717, 1.165) is 71.3 Å². The molecule has 1 aliphatic rings. The fraction of sp³-hybridized carbons (Fsp3) is 0.414. The molecule has 2 aromatic rings. The molecule has 5 nitrogen and oxygen atoms in total. The van der Waals surface area contributed by atoms with Crippen molar-refractivity contribution in [1.29, 1.82) is 0 Å². The predicted molar refractivity (Wildman–Crippen MR) is 151 cm³/mol. The molecule has 0 amide bonds. The molecule has 1 fully saturated rings. The first-order chi connectivity index (χ1) is 17.0. The Bertz CT molecular complexity index is 1000. The number of ketones is 1. The molecule has 3 rings (SSSR count). The van der Waals surface area contributed by atoms with Crippen LogP contribution in [0.4, 0.5) is 11.4 Å². The number of hydrogen-bond acceptors (Lipinski definition) is 6. The number of carbonyl (C=O) groups is 1. The molecular weight excluding hydrogens is 456 g/mol. The van der Waals surface area contributed by atoms with Crippen molar-refractivity contribution in [2.45, 2.75) is 27.7 Å². The van der Waals surface area contributed by atoms with Gasteiger partial charge in [-0.25, -0.2) is 0 Å². The van der Waals surface area contributed by atoms with Crippen LogP contribution in [-0.2, 0) is 4.79 Å². The number of anilines is 2. The lowest BCUT2D eigenvalue weighted by Crippen LogP contribution is -2.21. The Labute approximate surface area is 214 Å². The highest BCUT2D eigenvalue weighted by atomic mass is 32.2. The standard InChI is InChI=1S/C29H38N2O3S/c1-7-30(8-2)25-13-11-21(27(17-25)33-5)15-23-19-35-20-24(29(23)32)16-22-12-14-26(18-28(22)34-6)31(9-3)10-4/h11-18H,7-10,19-20H2,1-6H3. The molecule has 0 N–H and O–H groups in total. The van der Waals surface area contributed by atoms with Gasteiger partial charge >= 0.3 is 0 Å². The fourth-order valence-corrected chi connectivity index (χ4v) is 5.38. The van der Waals surface area contributed by atoms with Crippen LogP contribution in [0.1, 0.15) is 38.8 Å². The molecule has 0 radical (unpaired) electrons. The van der Waals surface area contributed by atoms with Gasteiger partial charge in [-0.05, 0) is 64.1 Å². The average Bonchev–Trinajstić information content (AvgIpc) is 2.89. The lowest BCUT2D eigenvalue weighted by molar-refractivity contribution is -0.112. The molecule has 1 aliphatic heterocycles. The zero-order valence-corrected chi connectivity index (χ0v) is 22.7. The van der Waals surface area contributed by atoms with Crippen molar-refractivity contribution >= 4 is 41.1 Å². The SMILES string of the molecule is CCN(CC)c1ccc(C=C2CSCC(=Cc3ccc(N(CC)CC)cc3OC)C2=O)c(OC)c1. The minimum atomic E-state index is 0.0912. The fourth-order valence-electron chi connectivity index (χ4n) is 4.41. The quantitative estimate of drug-likeness (QED) is 0.368. The Hall–Kier alpha value is -2.86. The van der Waals surface area contributed by atoms with E-state index in [1.54, 1.807) is 26.0 Å². The molecule has 0 atom stereocenters. The summed E-state index contributed by atoms with van der Waals surface area (Å²) in [4.78, 5) is 18.0. The molecule has 2 aromatic carbocycles. The van der Waals surface area contributed by atoms with Gasteiger partial charge < -0.3 is 19.3 Å². The lowest BCUT2D eigenvalue weighted by Gasteiger charge is -2.23. The van der Waals surface area contributed by atoms with E-state index in [-0.39, 0.29) is 5.78 Å². The molecule has 1 saturated heterocycles. The van der Waals surface area contributed by atoms with Gasteiger partial charge in [0.25, 0.3) is 0 Å². The first kappa shape index (κ1) is 26.7. The Kier molecular flexibility index (Phi) is 9.73. The normalized spacial score (nSPS) is 16.0. The number of methoxy groups -OCH3 is 2. The van der Waals surface area contributed by atoms with Crippen molar-refractivity contribution in [3.63, 3.8) is 0 Å². The number of Topliss-reactive ketones (excluding diaryl/α,β-unsaturated/α-hetero) is 1. The summed E-state index contributed by atoms with van der Waals surface area (Å²) < 4.78 is 11.4. The highest BCUT2D eigenvalue weighted by Crippen LogP contribution is 2.33. The van der Waals surface area contributed by atoms with Gasteiger partial charge in [0.2, 0.25) is 0 Å². The van der Waals surface area contributed by atoms with Crippen molar-refractivity contribution in [2.24, 2.45) is 0 Å². The molecule has 0 spiro atoms. The van der Waals surface area contributed by atoms with E-state index in [1.807, 2.05) is 24.3 Å². The van der Waals surface area contributed by atoms with Crippen molar-refractivity contribution in [2.75, 3.05) is 61.7 Å². The predicted octanol–water partition coefficient (Wildman–Crippen LogP) is 6.18. The maximum Gasteiger partial charge on any atom is 0.186 e. The van der Waals surface area contributed by atoms with E-state index < -0.39 is 0 Å². The van der Waals surface area contributed by atoms with Crippen LogP contribution in [0.3, 0.4) is 0 Å². The van der Waals surface area contributed by atoms with Gasteiger partial charge in [0.05, 0.1) is 14.2 Å². The van der Waals surface area contributed by atoms with E-state index >= 15 is 0 Å². The maximum absolute atomic E-state index is 13.4. The van der Waals surface area contributed by atoms with Crippen LogP contribution < -0.4 is 19.3 Å². The van der Waals surface area contributed by atoms with Crippen LogP contribution in [0, 0.1) is 0 Å². The summed E-state index contributed by atoms with van der Waals surface area (Å²) in [5, 5.41) is 0. The van der Waals surface area contributed by atoms with Gasteiger partial charge in [-0.15, -0.1) is 0 Å². The van der Waals surface area contributed by atoms with Crippen LogP contribution in [0.2, 0.25) is 0 Å². The highest BCUT2D eigenvalue weighted by Gasteiger charge is 2.22. The van der Waals surface area contributed by atoms with Crippen LogP contribution in [0.15, 0.2) is 47.5 Å². The molecule has 188 valence electrons. The van der Waals surface area contributed by atoms with E-state index in [2.05, 4.69) is 61.8 Å². The molecule has 35 heavy (non-hydrogen) atoms. The third kappa shape index (κ3) is 6.23. The molecule has 1 heterocycles. The van der Waals surface area contributed by atoms with Crippen molar-refractivity contribution in [3.05, 3.63) is 58.7 Å².